The number of halogens is 1. The number of likely N-dealkylation sites (tertiary alicyclic amines) is 1. The van der Waals surface area contributed by atoms with E-state index in [1.807, 2.05) is 37.1 Å². The monoisotopic (exact) mass is 354 g/mol. The first-order chi connectivity index (χ1) is 11.0. The molecule has 1 aromatic carbocycles. The lowest BCUT2D eigenvalue weighted by molar-refractivity contribution is -0.139. The molecular weight excluding hydrogens is 324 g/mol. The van der Waals surface area contributed by atoms with Gasteiger partial charge in [-0.3, -0.25) is 4.79 Å². The predicted octanol–water partition coefficient (Wildman–Crippen LogP) is 3.46. The van der Waals surface area contributed by atoms with E-state index in [0.29, 0.717) is 11.8 Å². The van der Waals surface area contributed by atoms with E-state index in [-0.39, 0.29) is 18.3 Å². The summed E-state index contributed by atoms with van der Waals surface area (Å²) in [5, 5.41) is 3.21. The van der Waals surface area contributed by atoms with Crippen molar-refractivity contribution in [1.82, 2.24) is 10.2 Å². The summed E-state index contributed by atoms with van der Waals surface area (Å²) in [4.78, 5) is 14.6. The minimum absolute atomic E-state index is 0. The highest BCUT2D eigenvalue weighted by Gasteiger charge is 2.27. The molecule has 2 unspecified atom stereocenters. The fourth-order valence-electron chi connectivity index (χ4n) is 3.18. The number of amides is 1. The van der Waals surface area contributed by atoms with Crippen molar-refractivity contribution in [3.8, 4) is 5.75 Å². The van der Waals surface area contributed by atoms with Gasteiger partial charge >= 0.3 is 0 Å². The molecular formula is C19H31ClN2O2. The molecule has 4 nitrogen and oxygen atoms in total. The number of rotatable bonds is 6. The highest BCUT2D eigenvalue weighted by atomic mass is 35.5. The molecule has 0 spiro atoms. The molecule has 0 radical (unpaired) electrons. The first-order valence-electron chi connectivity index (χ1n) is 8.71. The standard InChI is InChI=1S/C19H30N2O2.ClH/c1-14(2)17-8-5-9-18(11-17)23-15(3)19(22)21-10-6-7-16(13-21)12-20-4;/h5,8-9,11,14-16,20H,6-7,10,12-13H2,1-4H3;1H. The Morgan fingerprint density at radius 1 is 1.38 bits per heavy atom. The topological polar surface area (TPSA) is 41.6 Å². The van der Waals surface area contributed by atoms with Crippen LogP contribution in [0.15, 0.2) is 24.3 Å². The minimum atomic E-state index is -0.439. The fraction of sp³-hybridized carbons (Fsp3) is 0.632. The average molecular weight is 355 g/mol. The number of hydrogen-bond acceptors (Lipinski definition) is 3. The van der Waals surface area contributed by atoms with Crippen LogP contribution in [0, 0.1) is 5.92 Å². The van der Waals surface area contributed by atoms with Gasteiger partial charge in [0.2, 0.25) is 0 Å². The average Bonchev–Trinajstić information content (AvgIpc) is 2.55. The molecule has 136 valence electrons. The lowest BCUT2D eigenvalue weighted by atomic mass is 9.97. The Labute approximate surface area is 152 Å². The van der Waals surface area contributed by atoms with Gasteiger partial charge in [-0.05, 0) is 62.9 Å². The van der Waals surface area contributed by atoms with Crippen LogP contribution < -0.4 is 10.1 Å². The van der Waals surface area contributed by atoms with Crippen LogP contribution in [0.25, 0.3) is 0 Å². The fourth-order valence-corrected chi connectivity index (χ4v) is 3.18. The van der Waals surface area contributed by atoms with Gasteiger partial charge in [0, 0.05) is 13.1 Å². The summed E-state index contributed by atoms with van der Waals surface area (Å²) in [5.74, 6) is 1.88. The molecule has 1 N–H and O–H groups in total. The number of nitrogens with zero attached hydrogens (tertiary/aromatic N) is 1. The van der Waals surface area contributed by atoms with Crippen LogP contribution in [0.5, 0.6) is 5.75 Å². The summed E-state index contributed by atoms with van der Waals surface area (Å²) in [6, 6.07) is 8.05. The second-order valence-electron chi connectivity index (χ2n) is 6.84. The number of ether oxygens (including phenoxy) is 1. The summed E-state index contributed by atoms with van der Waals surface area (Å²) < 4.78 is 5.91. The molecule has 24 heavy (non-hydrogen) atoms. The van der Waals surface area contributed by atoms with Gasteiger partial charge in [0.1, 0.15) is 5.75 Å². The molecule has 0 aliphatic carbocycles. The summed E-state index contributed by atoms with van der Waals surface area (Å²) in [6.07, 6.45) is 1.83. The smallest absolute Gasteiger partial charge is 0.263 e. The van der Waals surface area contributed by atoms with E-state index in [1.165, 1.54) is 12.0 Å². The molecule has 0 saturated carbocycles. The van der Waals surface area contributed by atoms with Gasteiger partial charge < -0.3 is 15.0 Å². The molecule has 1 aliphatic heterocycles. The molecule has 1 aliphatic rings. The molecule has 1 aromatic rings. The van der Waals surface area contributed by atoms with Crippen molar-refractivity contribution in [2.24, 2.45) is 5.92 Å². The minimum Gasteiger partial charge on any atom is -0.481 e. The van der Waals surface area contributed by atoms with Crippen molar-refractivity contribution in [2.45, 2.75) is 45.6 Å². The van der Waals surface area contributed by atoms with E-state index in [9.17, 15) is 4.79 Å². The van der Waals surface area contributed by atoms with E-state index in [1.54, 1.807) is 0 Å². The van der Waals surface area contributed by atoms with E-state index < -0.39 is 6.10 Å². The van der Waals surface area contributed by atoms with Crippen LogP contribution in [0.2, 0.25) is 0 Å². The molecule has 2 rings (SSSR count). The highest BCUT2D eigenvalue weighted by Crippen LogP contribution is 2.22. The predicted molar refractivity (Wildman–Crippen MR) is 101 cm³/mol. The van der Waals surface area contributed by atoms with Crippen molar-refractivity contribution in [2.75, 3.05) is 26.7 Å². The van der Waals surface area contributed by atoms with Gasteiger partial charge in [-0.1, -0.05) is 26.0 Å². The number of carbonyl (C=O) groups excluding carboxylic acids is 1. The first-order valence-corrected chi connectivity index (χ1v) is 8.71. The van der Waals surface area contributed by atoms with Crippen LogP contribution in [0.3, 0.4) is 0 Å². The van der Waals surface area contributed by atoms with Gasteiger partial charge in [0.05, 0.1) is 0 Å². The van der Waals surface area contributed by atoms with E-state index in [0.717, 1.165) is 31.8 Å². The normalized spacial score (nSPS) is 18.9. The first kappa shape index (κ1) is 20.8. The Morgan fingerprint density at radius 3 is 2.79 bits per heavy atom. The Balaban J connectivity index is 0.00000288. The van der Waals surface area contributed by atoms with Crippen molar-refractivity contribution >= 4 is 18.3 Å². The Hall–Kier alpha value is -1.26. The number of benzene rings is 1. The molecule has 1 saturated heterocycles. The Morgan fingerprint density at radius 2 is 2.12 bits per heavy atom. The van der Waals surface area contributed by atoms with Crippen LogP contribution in [-0.4, -0.2) is 43.6 Å². The molecule has 1 amide bonds. The molecule has 5 heteroatoms. The second-order valence-corrected chi connectivity index (χ2v) is 6.84. The van der Waals surface area contributed by atoms with Crippen LogP contribution in [0.1, 0.15) is 45.1 Å². The number of carbonyl (C=O) groups is 1. The SMILES string of the molecule is CNCC1CCCN(C(=O)C(C)Oc2cccc(C(C)C)c2)C1.Cl. The molecule has 0 bridgehead atoms. The maximum atomic E-state index is 12.7. The van der Waals surface area contributed by atoms with Gasteiger partial charge in [0.15, 0.2) is 6.10 Å². The summed E-state index contributed by atoms with van der Waals surface area (Å²) in [5.41, 5.74) is 1.23. The lowest BCUT2D eigenvalue weighted by Gasteiger charge is -2.34. The van der Waals surface area contributed by atoms with Gasteiger partial charge in [-0.15, -0.1) is 12.4 Å². The Bertz CT molecular complexity index is 520. The van der Waals surface area contributed by atoms with Crippen molar-refractivity contribution < 1.29 is 9.53 Å². The largest absolute Gasteiger partial charge is 0.481 e. The molecule has 1 heterocycles. The zero-order chi connectivity index (χ0) is 16.8. The lowest BCUT2D eigenvalue weighted by Crippen LogP contribution is -2.47. The summed E-state index contributed by atoms with van der Waals surface area (Å²) >= 11 is 0. The molecule has 2 atom stereocenters. The van der Waals surface area contributed by atoms with Gasteiger partial charge in [-0.25, -0.2) is 0 Å². The van der Waals surface area contributed by atoms with Gasteiger partial charge in [-0.2, -0.15) is 0 Å². The van der Waals surface area contributed by atoms with Crippen LogP contribution in [-0.2, 0) is 4.79 Å². The summed E-state index contributed by atoms with van der Waals surface area (Å²) in [6.45, 7) is 8.81. The quantitative estimate of drug-likeness (QED) is 0.850. The van der Waals surface area contributed by atoms with E-state index in [2.05, 4.69) is 25.2 Å². The number of hydrogen-bond donors (Lipinski definition) is 1. The van der Waals surface area contributed by atoms with Crippen molar-refractivity contribution in [3.05, 3.63) is 29.8 Å². The van der Waals surface area contributed by atoms with Crippen LogP contribution >= 0.6 is 12.4 Å². The number of piperidine rings is 1. The van der Waals surface area contributed by atoms with Gasteiger partial charge in [0.25, 0.3) is 5.91 Å². The second kappa shape index (κ2) is 9.90. The van der Waals surface area contributed by atoms with Crippen LogP contribution in [0.4, 0.5) is 0 Å². The molecule has 1 fully saturated rings. The maximum Gasteiger partial charge on any atom is 0.263 e. The van der Waals surface area contributed by atoms with Crippen molar-refractivity contribution in [1.29, 1.82) is 0 Å². The molecule has 0 aromatic heterocycles. The summed E-state index contributed by atoms with van der Waals surface area (Å²) in [7, 11) is 1.97. The zero-order valence-electron chi connectivity index (χ0n) is 15.2. The maximum absolute atomic E-state index is 12.7. The third kappa shape index (κ3) is 5.67. The highest BCUT2D eigenvalue weighted by molar-refractivity contribution is 5.85. The third-order valence-electron chi connectivity index (χ3n) is 4.51. The Kier molecular flexibility index (Phi) is 8.57. The number of nitrogens with one attached hydrogen (secondary N) is 1. The third-order valence-corrected chi connectivity index (χ3v) is 4.51. The van der Waals surface area contributed by atoms with Crippen molar-refractivity contribution in [3.63, 3.8) is 0 Å². The van der Waals surface area contributed by atoms with E-state index in [4.69, 9.17) is 4.74 Å². The zero-order valence-corrected chi connectivity index (χ0v) is 16.1. The van der Waals surface area contributed by atoms with E-state index >= 15 is 0 Å².